The Labute approximate surface area is 159 Å². The van der Waals surface area contributed by atoms with Crippen LogP contribution in [0.3, 0.4) is 0 Å². The van der Waals surface area contributed by atoms with E-state index in [2.05, 4.69) is 15.0 Å². The van der Waals surface area contributed by atoms with Gasteiger partial charge in [0, 0.05) is 5.69 Å². The van der Waals surface area contributed by atoms with E-state index in [9.17, 15) is 8.42 Å². The quantitative estimate of drug-likeness (QED) is 0.665. The maximum absolute atomic E-state index is 12.5. The average molecular weight is 383 g/mol. The fraction of sp³-hybridized carbons (Fsp3) is 0.150. The zero-order valence-corrected chi connectivity index (χ0v) is 16.2. The molecule has 7 heteroatoms. The van der Waals surface area contributed by atoms with Gasteiger partial charge in [0.1, 0.15) is 11.6 Å². The molecule has 0 amide bonds. The van der Waals surface area contributed by atoms with E-state index < -0.39 is 10.0 Å². The number of hydrogen-bond donors (Lipinski definition) is 2. The van der Waals surface area contributed by atoms with Crippen molar-refractivity contribution in [1.29, 1.82) is 0 Å². The highest BCUT2D eigenvalue weighted by Gasteiger charge is 2.15. The van der Waals surface area contributed by atoms with Crippen molar-refractivity contribution in [3.05, 3.63) is 71.9 Å². The van der Waals surface area contributed by atoms with Crippen molar-refractivity contribution in [1.82, 2.24) is 4.98 Å². The van der Waals surface area contributed by atoms with Crippen LogP contribution >= 0.6 is 0 Å². The molecule has 0 saturated heterocycles. The molecule has 2 aromatic carbocycles. The van der Waals surface area contributed by atoms with Crippen molar-refractivity contribution in [2.45, 2.75) is 18.7 Å². The third-order valence-corrected chi connectivity index (χ3v) is 5.52. The number of aryl methyl sites for hydroxylation is 2. The Kier molecular flexibility index (Phi) is 5.32. The second-order valence-electron chi connectivity index (χ2n) is 6.14. The van der Waals surface area contributed by atoms with Crippen molar-refractivity contribution in [3.63, 3.8) is 0 Å². The molecule has 0 bridgehead atoms. The van der Waals surface area contributed by atoms with Crippen LogP contribution in [0.5, 0.6) is 5.75 Å². The van der Waals surface area contributed by atoms with E-state index in [0.29, 0.717) is 0 Å². The predicted octanol–water partition coefficient (Wildman–Crippen LogP) is 4.25. The maximum atomic E-state index is 12.5. The summed E-state index contributed by atoms with van der Waals surface area (Å²) in [5, 5.41) is 3.20. The van der Waals surface area contributed by atoms with Crippen LogP contribution in [0, 0.1) is 13.8 Å². The van der Waals surface area contributed by atoms with Crippen LogP contribution < -0.4 is 14.8 Å². The first kappa shape index (κ1) is 18.7. The van der Waals surface area contributed by atoms with Crippen LogP contribution in [0.2, 0.25) is 0 Å². The first-order valence-electron chi connectivity index (χ1n) is 8.34. The molecule has 2 N–H and O–H groups in total. The van der Waals surface area contributed by atoms with Crippen LogP contribution in [0.25, 0.3) is 0 Å². The van der Waals surface area contributed by atoms with E-state index in [0.717, 1.165) is 28.3 Å². The summed E-state index contributed by atoms with van der Waals surface area (Å²) in [6.45, 7) is 3.82. The number of ether oxygens (including phenoxy) is 1. The number of nitrogens with one attached hydrogen (secondary N) is 2. The largest absolute Gasteiger partial charge is 0.497 e. The Morgan fingerprint density at radius 2 is 1.59 bits per heavy atom. The molecule has 6 nitrogen and oxygen atoms in total. The van der Waals surface area contributed by atoms with E-state index in [-0.39, 0.29) is 10.7 Å². The molecule has 27 heavy (non-hydrogen) atoms. The number of pyridine rings is 1. The van der Waals surface area contributed by atoms with E-state index in [4.69, 9.17) is 4.74 Å². The molecule has 1 aromatic heterocycles. The molecule has 0 radical (unpaired) electrons. The standard InChI is InChI=1S/C20H21N3O3S/c1-14-4-10-19(12-15(14)2)27(24,25)23-20-11-7-17(13-21-20)22-16-5-8-18(26-3)9-6-16/h4-13,22H,1-3H3,(H,21,23). The summed E-state index contributed by atoms with van der Waals surface area (Å²) in [5.41, 5.74) is 3.58. The van der Waals surface area contributed by atoms with Gasteiger partial charge in [-0.1, -0.05) is 6.07 Å². The Hall–Kier alpha value is -3.06. The first-order chi connectivity index (χ1) is 12.9. The van der Waals surface area contributed by atoms with Gasteiger partial charge in [0.15, 0.2) is 0 Å². The average Bonchev–Trinajstić information content (AvgIpc) is 2.66. The van der Waals surface area contributed by atoms with Gasteiger partial charge >= 0.3 is 0 Å². The van der Waals surface area contributed by atoms with Crippen LogP contribution in [0.4, 0.5) is 17.2 Å². The normalized spacial score (nSPS) is 11.1. The minimum Gasteiger partial charge on any atom is -0.497 e. The van der Waals surface area contributed by atoms with Crippen molar-refractivity contribution < 1.29 is 13.2 Å². The second-order valence-corrected chi connectivity index (χ2v) is 7.82. The molecular weight excluding hydrogens is 362 g/mol. The number of sulfonamides is 1. The van der Waals surface area contributed by atoms with Gasteiger partial charge in [0.25, 0.3) is 10.0 Å². The summed E-state index contributed by atoms with van der Waals surface area (Å²) in [6, 6.07) is 15.9. The van der Waals surface area contributed by atoms with Gasteiger partial charge < -0.3 is 10.1 Å². The number of anilines is 3. The van der Waals surface area contributed by atoms with E-state index >= 15 is 0 Å². The number of hydrogen-bond acceptors (Lipinski definition) is 5. The molecule has 0 aliphatic carbocycles. The smallest absolute Gasteiger partial charge is 0.263 e. The minimum atomic E-state index is -3.68. The van der Waals surface area contributed by atoms with Gasteiger partial charge in [-0.05, 0) is 73.5 Å². The van der Waals surface area contributed by atoms with Gasteiger partial charge in [-0.25, -0.2) is 13.4 Å². The molecule has 0 spiro atoms. The lowest BCUT2D eigenvalue weighted by atomic mass is 10.1. The monoisotopic (exact) mass is 383 g/mol. The highest BCUT2D eigenvalue weighted by Crippen LogP contribution is 2.22. The fourth-order valence-electron chi connectivity index (χ4n) is 2.45. The van der Waals surface area contributed by atoms with Gasteiger partial charge in [0.05, 0.1) is 23.9 Å². The van der Waals surface area contributed by atoms with Crippen LogP contribution in [0.1, 0.15) is 11.1 Å². The molecule has 140 valence electrons. The van der Waals surface area contributed by atoms with Crippen LogP contribution in [-0.2, 0) is 10.0 Å². The lowest BCUT2D eigenvalue weighted by Gasteiger charge is -2.10. The number of methoxy groups -OCH3 is 1. The number of benzene rings is 2. The van der Waals surface area contributed by atoms with Crippen LogP contribution in [-0.4, -0.2) is 20.5 Å². The molecule has 0 unspecified atom stereocenters. The maximum Gasteiger partial charge on any atom is 0.263 e. The van der Waals surface area contributed by atoms with Gasteiger partial charge in [-0.3, -0.25) is 4.72 Å². The summed E-state index contributed by atoms with van der Waals surface area (Å²) in [4.78, 5) is 4.40. The van der Waals surface area contributed by atoms with Crippen molar-refractivity contribution in [2.24, 2.45) is 0 Å². The Morgan fingerprint density at radius 1 is 0.889 bits per heavy atom. The van der Waals surface area contributed by atoms with Crippen molar-refractivity contribution in [3.8, 4) is 5.75 Å². The third-order valence-electron chi connectivity index (χ3n) is 4.17. The predicted molar refractivity (Wildman–Crippen MR) is 107 cm³/mol. The number of aromatic nitrogens is 1. The fourth-order valence-corrected chi connectivity index (χ4v) is 3.54. The molecule has 0 aliphatic heterocycles. The summed E-state index contributed by atoms with van der Waals surface area (Å²) in [7, 11) is -2.06. The highest BCUT2D eigenvalue weighted by molar-refractivity contribution is 7.92. The molecular formula is C20H21N3O3S. The van der Waals surface area contributed by atoms with Crippen LogP contribution in [0.15, 0.2) is 65.7 Å². The van der Waals surface area contributed by atoms with Gasteiger partial charge in [-0.15, -0.1) is 0 Å². The topological polar surface area (TPSA) is 80.3 Å². The van der Waals surface area contributed by atoms with Crippen molar-refractivity contribution in [2.75, 3.05) is 17.1 Å². The Balaban J connectivity index is 1.71. The number of rotatable bonds is 6. The molecule has 0 fully saturated rings. The van der Waals surface area contributed by atoms with E-state index in [1.807, 2.05) is 38.1 Å². The van der Waals surface area contributed by atoms with E-state index in [1.165, 1.54) is 0 Å². The molecule has 0 atom stereocenters. The highest BCUT2D eigenvalue weighted by atomic mass is 32.2. The molecule has 0 saturated carbocycles. The van der Waals surface area contributed by atoms with Crippen molar-refractivity contribution >= 4 is 27.2 Å². The summed E-state index contributed by atoms with van der Waals surface area (Å²) in [6.07, 6.45) is 1.57. The number of nitrogens with zero attached hydrogens (tertiary/aromatic N) is 1. The Bertz CT molecular complexity index is 1030. The molecule has 3 rings (SSSR count). The summed E-state index contributed by atoms with van der Waals surface area (Å²) >= 11 is 0. The first-order valence-corrected chi connectivity index (χ1v) is 9.83. The summed E-state index contributed by atoms with van der Waals surface area (Å²) < 4.78 is 32.7. The van der Waals surface area contributed by atoms with Gasteiger partial charge in [0.2, 0.25) is 0 Å². The van der Waals surface area contributed by atoms with Gasteiger partial charge in [-0.2, -0.15) is 0 Å². The molecule has 3 aromatic rings. The molecule has 1 heterocycles. The minimum absolute atomic E-state index is 0.216. The SMILES string of the molecule is COc1ccc(Nc2ccc(NS(=O)(=O)c3ccc(C)c(C)c3)nc2)cc1. The zero-order chi connectivity index (χ0) is 19.4. The Morgan fingerprint density at radius 3 is 2.19 bits per heavy atom. The lowest BCUT2D eigenvalue weighted by Crippen LogP contribution is -2.14. The van der Waals surface area contributed by atoms with E-state index in [1.54, 1.807) is 43.6 Å². The second kappa shape index (κ2) is 7.67. The third kappa shape index (κ3) is 4.57. The molecule has 0 aliphatic rings. The zero-order valence-electron chi connectivity index (χ0n) is 15.4. The summed E-state index contributed by atoms with van der Waals surface area (Å²) in [5.74, 6) is 1.03. The lowest BCUT2D eigenvalue weighted by molar-refractivity contribution is 0.415.